The number of nitrogens with zero attached hydrogens (tertiary/aromatic N) is 2. The van der Waals surface area contributed by atoms with Gasteiger partial charge < -0.3 is 14.4 Å². The van der Waals surface area contributed by atoms with Crippen LogP contribution >= 0.6 is 0 Å². The van der Waals surface area contributed by atoms with Crippen LogP contribution in [0.25, 0.3) is 0 Å². The Morgan fingerprint density at radius 3 is 2.00 bits per heavy atom. The molecule has 6 heteroatoms. The minimum atomic E-state index is -0.410. The SMILES string of the molecule is CCCCCCCCOc1ccc(C(=O)Cc2ccc(OC(=O)c3ccc(C[n+]4ccc(N(C)C)cc4)cc3)c(C(C)(C)C)c2)cc1. The highest BCUT2D eigenvalue weighted by molar-refractivity contribution is 5.97. The number of esters is 1. The van der Waals surface area contributed by atoms with E-state index in [1.807, 2.05) is 81.1 Å². The van der Waals surface area contributed by atoms with E-state index in [2.05, 4.69) is 49.3 Å². The minimum Gasteiger partial charge on any atom is -0.494 e. The number of hydrogen-bond donors (Lipinski definition) is 0. The highest BCUT2D eigenvalue weighted by Gasteiger charge is 2.23. The van der Waals surface area contributed by atoms with Crippen LogP contribution in [0, 0.1) is 0 Å². The van der Waals surface area contributed by atoms with E-state index >= 15 is 0 Å². The monoisotopic (exact) mass is 635 g/mol. The Morgan fingerprint density at radius 2 is 1.36 bits per heavy atom. The molecule has 0 atom stereocenters. The molecule has 0 radical (unpaired) electrons. The van der Waals surface area contributed by atoms with Gasteiger partial charge in [-0.15, -0.1) is 0 Å². The third-order valence-electron chi connectivity index (χ3n) is 8.31. The fourth-order valence-electron chi connectivity index (χ4n) is 5.43. The zero-order valence-electron chi connectivity index (χ0n) is 29.1. The molecule has 0 aliphatic heterocycles. The Balaban J connectivity index is 1.34. The van der Waals surface area contributed by atoms with E-state index in [1.54, 1.807) is 12.1 Å². The van der Waals surface area contributed by atoms with Crippen LogP contribution in [0.4, 0.5) is 5.69 Å². The number of aromatic nitrogens is 1. The van der Waals surface area contributed by atoms with E-state index < -0.39 is 5.97 Å². The summed E-state index contributed by atoms with van der Waals surface area (Å²) in [6.07, 6.45) is 11.7. The molecule has 0 bridgehead atoms. The molecule has 0 unspecified atom stereocenters. The third-order valence-corrected chi connectivity index (χ3v) is 8.31. The molecule has 47 heavy (non-hydrogen) atoms. The molecule has 1 heterocycles. The maximum atomic E-state index is 13.2. The molecule has 4 aromatic rings. The number of anilines is 1. The molecular weight excluding hydrogens is 584 g/mol. The van der Waals surface area contributed by atoms with E-state index in [0.717, 1.165) is 34.5 Å². The van der Waals surface area contributed by atoms with Crippen molar-refractivity contribution in [2.24, 2.45) is 0 Å². The average molecular weight is 636 g/mol. The molecule has 0 saturated heterocycles. The lowest BCUT2D eigenvalue weighted by atomic mass is 9.84. The molecule has 0 N–H and O–H groups in total. The van der Waals surface area contributed by atoms with Gasteiger partial charge in [0.15, 0.2) is 24.7 Å². The van der Waals surface area contributed by atoms with Crippen molar-refractivity contribution in [3.8, 4) is 11.5 Å². The van der Waals surface area contributed by atoms with Gasteiger partial charge in [-0.05, 0) is 59.9 Å². The van der Waals surface area contributed by atoms with Crippen molar-refractivity contribution < 1.29 is 23.6 Å². The first-order valence-corrected chi connectivity index (χ1v) is 16.9. The van der Waals surface area contributed by atoms with Gasteiger partial charge in [-0.2, -0.15) is 0 Å². The number of carbonyl (C=O) groups is 2. The smallest absolute Gasteiger partial charge is 0.343 e. The fourth-order valence-corrected chi connectivity index (χ4v) is 5.43. The first kappa shape index (κ1) is 35.4. The molecule has 0 aliphatic rings. The van der Waals surface area contributed by atoms with Gasteiger partial charge in [0.05, 0.1) is 12.2 Å². The number of ether oxygens (including phenoxy) is 2. The quantitative estimate of drug-likeness (QED) is 0.0405. The summed E-state index contributed by atoms with van der Waals surface area (Å²) in [6, 6.07) is 24.8. The van der Waals surface area contributed by atoms with Crippen molar-refractivity contribution in [1.29, 1.82) is 0 Å². The summed E-state index contributed by atoms with van der Waals surface area (Å²) in [7, 11) is 4.04. The second kappa shape index (κ2) is 16.9. The molecule has 0 aliphatic carbocycles. The number of carbonyl (C=O) groups excluding carboxylic acids is 2. The van der Waals surface area contributed by atoms with Gasteiger partial charge in [-0.1, -0.05) is 84.1 Å². The molecule has 0 fully saturated rings. The van der Waals surface area contributed by atoms with Gasteiger partial charge in [-0.3, -0.25) is 4.79 Å². The van der Waals surface area contributed by atoms with Crippen LogP contribution in [-0.2, 0) is 18.4 Å². The second-order valence-electron chi connectivity index (χ2n) is 13.5. The van der Waals surface area contributed by atoms with Gasteiger partial charge in [0.25, 0.3) is 0 Å². The van der Waals surface area contributed by atoms with Gasteiger partial charge in [-0.25, -0.2) is 9.36 Å². The van der Waals surface area contributed by atoms with Crippen LogP contribution in [0.15, 0.2) is 91.3 Å². The number of unbranched alkanes of at least 4 members (excludes halogenated alkanes) is 5. The molecule has 4 rings (SSSR count). The summed E-state index contributed by atoms with van der Waals surface area (Å²) in [4.78, 5) is 28.4. The van der Waals surface area contributed by atoms with Crippen molar-refractivity contribution in [2.75, 3.05) is 25.6 Å². The Kier molecular flexibility index (Phi) is 12.7. The lowest BCUT2D eigenvalue weighted by Gasteiger charge is -2.23. The van der Waals surface area contributed by atoms with Crippen LogP contribution in [0.2, 0.25) is 0 Å². The molecule has 0 spiro atoms. The highest BCUT2D eigenvalue weighted by Crippen LogP contribution is 2.33. The van der Waals surface area contributed by atoms with Crippen molar-refractivity contribution in [2.45, 2.75) is 84.6 Å². The Hall–Kier alpha value is -4.45. The maximum absolute atomic E-state index is 13.2. The van der Waals surface area contributed by atoms with E-state index in [1.165, 1.54) is 32.1 Å². The van der Waals surface area contributed by atoms with Crippen LogP contribution in [0.3, 0.4) is 0 Å². The number of hydrogen-bond acceptors (Lipinski definition) is 5. The molecular formula is C41H51N2O4+. The van der Waals surface area contributed by atoms with Crippen LogP contribution < -0.4 is 18.9 Å². The van der Waals surface area contributed by atoms with Crippen molar-refractivity contribution >= 4 is 17.4 Å². The van der Waals surface area contributed by atoms with Gasteiger partial charge in [0.2, 0.25) is 0 Å². The zero-order valence-corrected chi connectivity index (χ0v) is 29.1. The molecule has 248 valence electrons. The van der Waals surface area contributed by atoms with Crippen LogP contribution in [-0.4, -0.2) is 32.5 Å². The number of pyridine rings is 1. The van der Waals surface area contributed by atoms with Crippen LogP contribution in [0.1, 0.15) is 104 Å². The summed E-state index contributed by atoms with van der Waals surface area (Å²) >= 11 is 0. The first-order chi connectivity index (χ1) is 22.5. The van der Waals surface area contributed by atoms with Gasteiger partial charge >= 0.3 is 5.97 Å². The molecule has 0 saturated carbocycles. The van der Waals surface area contributed by atoms with E-state index in [-0.39, 0.29) is 17.6 Å². The largest absolute Gasteiger partial charge is 0.494 e. The van der Waals surface area contributed by atoms with Gasteiger partial charge in [0.1, 0.15) is 11.5 Å². The molecule has 0 amide bonds. The summed E-state index contributed by atoms with van der Waals surface area (Å²) in [5.41, 5.74) is 4.82. The van der Waals surface area contributed by atoms with E-state index in [9.17, 15) is 9.59 Å². The lowest BCUT2D eigenvalue weighted by molar-refractivity contribution is -0.688. The van der Waals surface area contributed by atoms with E-state index in [4.69, 9.17) is 9.47 Å². The Morgan fingerprint density at radius 1 is 0.745 bits per heavy atom. The standard InChI is InChI=1S/C41H51N2O4/c1-7-8-9-10-11-12-27-46-36-20-18-33(19-21-36)38(44)29-32-15-22-39(37(28-32)41(2,3)4)47-40(45)34-16-13-31(14-17-34)30-43-25-23-35(24-26-43)42(5)6/h13-26,28H,7-12,27,29-30H2,1-6H3/q+1. The Bertz CT molecular complexity index is 1590. The molecule has 1 aromatic heterocycles. The summed E-state index contributed by atoms with van der Waals surface area (Å²) in [6.45, 7) is 9.86. The second-order valence-corrected chi connectivity index (χ2v) is 13.5. The average Bonchev–Trinajstić information content (AvgIpc) is 3.05. The maximum Gasteiger partial charge on any atom is 0.343 e. The number of Topliss-reactive ketones (excluding diaryl/α,β-unsaturated/α-hetero) is 1. The number of benzene rings is 3. The topological polar surface area (TPSA) is 59.7 Å². The molecule has 6 nitrogen and oxygen atoms in total. The molecule has 3 aromatic carbocycles. The highest BCUT2D eigenvalue weighted by atomic mass is 16.5. The lowest BCUT2D eigenvalue weighted by Crippen LogP contribution is -2.33. The summed E-state index contributed by atoms with van der Waals surface area (Å²) in [5.74, 6) is 0.919. The number of rotatable bonds is 16. The third kappa shape index (κ3) is 10.8. The van der Waals surface area contributed by atoms with Crippen molar-refractivity contribution in [3.63, 3.8) is 0 Å². The predicted molar refractivity (Wildman–Crippen MR) is 190 cm³/mol. The number of ketones is 1. The summed E-state index contributed by atoms with van der Waals surface area (Å²) < 4.78 is 13.9. The normalized spacial score (nSPS) is 11.3. The van der Waals surface area contributed by atoms with E-state index in [0.29, 0.717) is 30.0 Å². The Labute approximate surface area is 281 Å². The fraction of sp³-hybridized carbons (Fsp3) is 0.390. The minimum absolute atomic E-state index is 0.0315. The predicted octanol–water partition coefficient (Wildman–Crippen LogP) is 8.77. The summed E-state index contributed by atoms with van der Waals surface area (Å²) in [5, 5.41) is 0. The van der Waals surface area contributed by atoms with Gasteiger partial charge in [0, 0.05) is 55.0 Å². The van der Waals surface area contributed by atoms with Crippen molar-refractivity contribution in [3.05, 3.63) is 119 Å². The van der Waals surface area contributed by atoms with Crippen LogP contribution in [0.5, 0.6) is 11.5 Å². The first-order valence-electron chi connectivity index (χ1n) is 16.9. The van der Waals surface area contributed by atoms with Crippen molar-refractivity contribution in [1.82, 2.24) is 0 Å². The zero-order chi connectivity index (χ0) is 33.8.